The molecule has 0 spiro atoms. The number of hydrogen-bond acceptors (Lipinski definition) is 1. The van der Waals surface area contributed by atoms with Gasteiger partial charge in [-0.15, -0.1) is 0 Å². The van der Waals surface area contributed by atoms with Crippen LogP contribution in [0.2, 0.25) is 0 Å². The topological polar surface area (TPSA) is 29.1 Å². The molecule has 0 heterocycles. The fourth-order valence-electron chi connectivity index (χ4n) is 1.77. The summed E-state index contributed by atoms with van der Waals surface area (Å²) in [5.74, 6) is 0.0154. The molecule has 1 fully saturated rings. The van der Waals surface area contributed by atoms with Gasteiger partial charge in [0.1, 0.15) is 0 Å². The van der Waals surface area contributed by atoms with Gasteiger partial charge in [-0.05, 0) is 48.9 Å². The Hall–Kier alpha value is -0.350. The Bertz CT molecular complexity index is 421. The number of amides is 1. The predicted molar refractivity (Wildman–Crippen MR) is 76.7 cm³/mol. The molecule has 0 bridgehead atoms. The first-order valence-electron chi connectivity index (χ1n) is 5.66. The van der Waals surface area contributed by atoms with Gasteiger partial charge >= 0.3 is 0 Å². The van der Waals surface area contributed by atoms with Crippen molar-refractivity contribution < 1.29 is 4.79 Å². The van der Waals surface area contributed by atoms with E-state index in [1.54, 1.807) is 0 Å². The van der Waals surface area contributed by atoms with Crippen LogP contribution < -0.4 is 5.32 Å². The van der Waals surface area contributed by atoms with Gasteiger partial charge in [0, 0.05) is 21.9 Å². The molecular weight excluding hydrogens is 346 g/mol. The van der Waals surface area contributed by atoms with Crippen molar-refractivity contribution in [3.8, 4) is 0 Å². The van der Waals surface area contributed by atoms with Gasteiger partial charge in [-0.3, -0.25) is 4.79 Å². The van der Waals surface area contributed by atoms with E-state index in [0.717, 1.165) is 27.5 Å². The highest BCUT2D eigenvalue weighted by Crippen LogP contribution is 2.46. The molecule has 0 saturated heterocycles. The maximum atomic E-state index is 12.0. The molecule has 0 unspecified atom stereocenters. The summed E-state index contributed by atoms with van der Waals surface area (Å²) in [7, 11) is 0. The van der Waals surface area contributed by atoms with Gasteiger partial charge in [-0.1, -0.05) is 31.9 Å². The molecule has 1 N–H and O–H groups in total. The first kappa shape index (κ1) is 13.1. The van der Waals surface area contributed by atoms with E-state index in [1.165, 1.54) is 12.8 Å². The lowest BCUT2D eigenvalue weighted by molar-refractivity contribution is 0.0946. The average Bonchev–Trinajstić information content (AvgIpc) is 3.05. The third-order valence-electron chi connectivity index (χ3n) is 3.17. The molecule has 1 amide bonds. The quantitative estimate of drug-likeness (QED) is 0.815. The number of carbonyl (C=O) groups is 1. The van der Waals surface area contributed by atoms with Crippen LogP contribution in [0.25, 0.3) is 0 Å². The van der Waals surface area contributed by atoms with E-state index in [9.17, 15) is 4.79 Å². The molecule has 1 aromatic carbocycles. The van der Waals surface area contributed by atoms with E-state index in [2.05, 4.69) is 37.2 Å². The van der Waals surface area contributed by atoms with Crippen molar-refractivity contribution in [2.75, 3.05) is 11.9 Å². The molecule has 17 heavy (non-hydrogen) atoms. The minimum absolute atomic E-state index is 0.0154. The summed E-state index contributed by atoms with van der Waals surface area (Å²) in [6, 6.07) is 5.77. The maximum absolute atomic E-state index is 12.0. The molecular formula is C13H15Br2NO. The number of hydrogen-bond donors (Lipinski definition) is 1. The standard InChI is InChI=1S/C13H15Br2NO/c1-9-4-10(6-11(15)5-9)12(17)16-8-13(7-14)2-3-13/h4-6H,2-3,7-8H2,1H3,(H,16,17). The number of aryl methyl sites for hydroxylation is 1. The smallest absolute Gasteiger partial charge is 0.251 e. The third kappa shape index (κ3) is 3.32. The van der Waals surface area contributed by atoms with Crippen LogP contribution in [0.1, 0.15) is 28.8 Å². The van der Waals surface area contributed by atoms with Crippen molar-refractivity contribution in [1.82, 2.24) is 5.32 Å². The van der Waals surface area contributed by atoms with E-state index < -0.39 is 0 Å². The van der Waals surface area contributed by atoms with Gasteiger partial charge in [-0.2, -0.15) is 0 Å². The zero-order valence-electron chi connectivity index (χ0n) is 9.72. The van der Waals surface area contributed by atoms with Crippen molar-refractivity contribution in [1.29, 1.82) is 0 Å². The van der Waals surface area contributed by atoms with E-state index in [0.29, 0.717) is 5.41 Å². The van der Waals surface area contributed by atoms with Crippen LogP contribution in [0, 0.1) is 12.3 Å². The van der Waals surface area contributed by atoms with E-state index >= 15 is 0 Å². The second-order valence-electron chi connectivity index (χ2n) is 4.83. The van der Waals surface area contributed by atoms with Gasteiger partial charge in [0.25, 0.3) is 5.91 Å². The highest BCUT2D eigenvalue weighted by atomic mass is 79.9. The number of nitrogens with one attached hydrogen (secondary N) is 1. The predicted octanol–water partition coefficient (Wildman–Crippen LogP) is 3.66. The molecule has 2 rings (SSSR count). The van der Waals surface area contributed by atoms with Gasteiger partial charge in [-0.25, -0.2) is 0 Å². The van der Waals surface area contributed by atoms with Crippen molar-refractivity contribution in [3.05, 3.63) is 33.8 Å². The average molecular weight is 361 g/mol. The minimum atomic E-state index is 0.0154. The van der Waals surface area contributed by atoms with Crippen LogP contribution >= 0.6 is 31.9 Å². The number of halogens is 2. The van der Waals surface area contributed by atoms with E-state index in [1.807, 2.05) is 25.1 Å². The second-order valence-corrected chi connectivity index (χ2v) is 6.31. The minimum Gasteiger partial charge on any atom is -0.351 e. The van der Waals surface area contributed by atoms with Crippen molar-refractivity contribution in [3.63, 3.8) is 0 Å². The van der Waals surface area contributed by atoms with Crippen LogP contribution in [0.3, 0.4) is 0 Å². The Kier molecular flexibility index (Phi) is 3.93. The first-order chi connectivity index (χ1) is 8.04. The van der Waals surface area contributed by atoms with Crippen molar-refractivity contribution in [2.45, 2.75) is 19.8 Å². The Morgan fingerprint density at radius 3 is 2.65 bits per heavy atom. The van der Waals surface area contributed by atoms with Gasteiger partial charge in [0.15, 0.2) is 0 Å². The normalized spacial score (nSPS) is 16.6. The summed E-state index contributed by atoms with van der Waals surface area (Å²) >= 11 is 6.91. The fourth-order valence-corrected chi connectivity index (χ4v) is 3.14. The fraction of sp³-hybridized carbons (Fsp3) is 0.462. The van der Waals surface area contributed by atoms with Crippen molar-refractivity contribution in [2.24, 2.45) is 5.41 Å². The largest absolute Gasteiger partial charge is 0.351 e. The first-order valence-corrected chi connectivity index (χ1v) is 7.57. The van der Waals surface area contributed by atoms with Crippen LogP contribution in [-0.2, 0) is 0 Å². The van der Waals surface area contributed by atoms with E-state index in [-0.39, 0.29) is 5.91 Å². The second kappa shape index (κ2) is 5.11. The summed E-state index contributed by atoms with van der Waals surface area (Å²) < 4.78 is 0.948. The molecule has 0 radical (unpaired) electrons. The molecule has 0 aromatic heterocycles. The SMILES string of the molecule is Cc1cc(Br)cc(C(=O)NCC2(CBr)CC2)c1. The third-order valence-corrected chi connectivity index (χ3v) is 4.82. The van der Waals surface area contributed by atoms with Crippen molar-refractivity contribution >= 4 is 37.8 Å². The van der Waals surface area contributed by atoms with Gasteiger partial charge in [0.2, 0.25) is 0 Å². The van der Waals surface area contributed by atoms with Crippen LogP contribution in [0.5, 0.6) is 0 Å². The van der Waals surface area contributed by atoms with Gasteiger partial charge < -0.3 is 5.32 Å². The molecule has 4 heteroatoms. The molecule has 0 aliphatic heterocycles. The van der Waals surface area contributed by atoms with Gasteiger partial charge in [0.05, 0.1) is 0 Å². The van der Waals surface area contributed by atoms with E-state index in [4.69, 9.17) is 0 Å². The van der Waals surface area contributed by atoms with Crippen LogP contribution in [0.15, 0.2) is 22.7 Å². The highest BCUT2D eigenvalue weighted by Gasteiger charge is 2.41. The number of benzene rings is 1. The Morgan fingerprint density at radius 1 is 1.41 bits per heavy atom. The Morgan fingerprint density at radius 2 is 2.12 bits per heavy atom. The zero-order valence-corrected chi connectivity index (χ0v) is 12.9. The summed E-state index contributed by atoms with van der Waals surface area (Å²) in [5.41, 5.74) is 2.13. The molecule has 1 aliphatic rings. The lowest BCUT2D eigenvalue weighted by atomic mass is 10.1. The number of carbonyl (C=O) groups excluding carboxylic acids is 1. The maximum Gasteiger partial charge on any atom is 0.251 e. The molecule has 1 aliphatic carbocycles. The number of alkyl halides is 1. The Balaban J connectivity index is 1.99. The molecule has 0 atom stereocenters. The summed E-state index contributed by atoms with van der Waals surface area (Å²) in [5, 5.41) is 3.99. The Labute approximate surface area is 118 Å². The molecule has 92 valence electrons. The molecule has 2 nitrogen and oxygen atoms in total. The number of rotatable bonds is 4. The lowest BCUT2D eigenvalue weighted by Crippen LogP contribution is -2.30. The van der Waals surface area contributed by atoms with Crippen LogP contribution in [-0.4, -0.2) is 17.8 Å². The summed E-state index contributed by atoms with van der Waals surface area (Å²) in [6.45, 7) is 2.76. The summed E-state index contributed by atoms with van der Waals surface area (Å²) in [4.78, 5) is 12.0. The highest BCUT2D eigenvalue weighted by molar-refractivity contribution is 9.10. The van der Waals surface area contributed by atoms with Crippen LogP contribution in [0.4, 0.5) is 0 Å². The summed E-state index contributed by atoms with van der Waals surface area (Å²) in [6.07, 6.45) is 2.41. The molecule has 1 aromatic rings. The molecule has 1 saturated carbocycles. The lowest BCUT2D eigenvalue weighted by Gasteiger charge is -2.13. The monoisotopic (exact) mass is 359 g/mol. The zero-order chi connectivity index (χ0) is 12.5.